The van der Waals surface area contributed by atoms with E-state index in [4.69, 9.17) is 0 Å². The molecule has 2 fully saturated rings. The van der Waals surface area contributed by atoms with Gasteiger partial charge < -0.3 is 15.2 Å². The van der Waals surface area contributed by atoms with E-state index < -0.39 is 10.0 Å². The lowest BCUT2D eigenvalue weighted by Gasteiger charge is -2.23. The van der Waals surface area contributed by atoms with Gasteiger partial charge in [-0.3, -0.25) is 4.79 Å². The van der Waals surface area contributed by atoms with E-state index in [0.717, 1.165) is 45.3 Å². The Morgan fingerprint density at radius 2 is 2.05 bits per heavy atom. The van der Waals surface area contributed by atoms with Crippen molar-refractivity contribution in [2.45, 2.75) is 36.6 Å². The minimum absolute atomic E-state index is 0.0913. The smallest absolute Gasteiger partial charge is 0.270 e. The Labute approximate surface area is 130 Å². The van der Waals surface area contributed by atoms with Crippen LogP contribution >= 0.6 is 0 Å². The summed E-state index contributed by atoms with van der Waals surface area (Å²) in [6.07, 6.45) is 5.19. The summed E-state index contributed by atoms with van der Waals surface area (Å²) in [6, 6.07) is 1.34. The molecule has 2 aliphatic heterocycles. The second kappa shape index (κ2) is 6.39. The molecule has 1 aromatic rings. The monoisotopic (exact) mass is 326 g/mol. The van der Waals surface area contributed by atoms with Crippen LogP contribution in [0.2, 0.25) is 0 Å². The molecule has 1 aromatic heterocycles. The summed E-state index contributed by atoms with van der Waals surface area (Å²) in [5.41, 5.74) is 0.337. The molecule has 8 heteroatoms. The van der Waals surface area contributed by atoms with Crippen LogP contribution in [0.5, 0.6) is 0 Å². The number of hydrogen-bond donors (Lipinski definition) is 3. The summed E-state index contributed by atoms with van der Waals surface area (Å²) in [5, 5.41) is 3.17. The second-order valence-corrected chi connectivity index (χ2v) is 7.63. The lowest BCUT2D eigenvalue weighted by molar-refractivity contribution is 0.0787. The van der Waals surface area contributed by atoms with E-state index in [-0.39, 0.29) is 16.8 Å². The average Bonchev–Trinajstić information content (AvgIpc) is 3.19. The predicted octanol–water partition coefficient (Wildman–Crippen LogP) is 0.281. The third kappa shape index (κ3) is 3.34. The first kappa shape index (κ1) is 15.5. The van der Waals surface area contributed by atoms with Crippen molar-refractivity contribution >= 4 is 15.9 Å². The van der Waals surface area contributed by atoms with E-state index >= 15 is 0 Å². The summed E-state index contributed by atoms with van der Waals surface area (Å²) in [7, 11) is -3.59. The fourth-order valence-electron chi connectivity index (χ4n) is 2.98. The largest absolute Gasteiger partial charge is 0.356 e. The molecule has 0 saturated carbocycles. The summed E-state index contributed by atoms with van der Waals surface area (Å²) >= 11 is 0. The molecule has 0 bridgehead atoms. The van der Waals surface area contributed by atoms with Gasteiger partial charge in [-0.25, -0.2) is 13.1 Å². The summed E-state index contributed by atoms with van der Waals surface area (Å²) in [4.78, 5) is 16.9. The van der Waals surface area contributed by atoms with Gasteiger partial charge in [-0.15, -0.1) is 0 Å². The number of piperidine rings is 1. The molecule has 122 valence electrons. The molecule has 3 rings (SSSR count). The highest BCUT2D eigenvalue weighted by Crippen LogP contribution is 2.16. The molecule has 1 amide bonds. The number of carbonyl (C=O) groups is 1. The normalized spacial score (nSPS) is 22.9. The van der Waals surface area contributed by atoms with Crippen LogP contribution < -0.4 is 10.0 Å². The van der Waals surface area contributed by atoms with Crippen LogP contribution in [0.1, 0.15) is 36.2 Å². The lowest BCUT2D eigenvalue weighted by atomic mass is 10.1. The number of hydrogen-bond acceptors (Lipinski definition) is 4. The second-order valence-electron chi connectivity index (χ2n) is 5.91. The van der Waals surface area contributed by atoms with Gasteiger partial charge >= 0.3 is 0 Å². The fourth-order valence-corrected chi connectivity index (χ4v) is 4.25. The van der Waals surface area contributed by atoms with Crippen molar-refractivity contribution in [2.75, 3.05) is 26.2 Å². The van der Waals surface area contributed by atoms with Gasteiger partial charge in [0.05, 0.1) is 0 Å². The number of carbonyl (C=O) groups excluding carboxylic acids is 1. The Balaban J connectivity index is 1.70. The van der Waals surface area contributed by atoms with Gasteiger partial charge in [-0.05, 0) is 38.3 Å². The molecule has 3 heterocycles. The highest BCUT2D eigenvalue weighted by atomic mass is 32.2. The Kier molecular flexibility index (Phi) is 4.51. The first-order valence-corrected chi connectivity index (χ1v) is 9.25. The molecule has 0 aromatic carbocycles. The standard InChI is InChI=1S/C14H22N4O3S/c19-14(18-6-1-2-7-18)13-8-12(10-16-13)22(20,21)17-11-4-3-5-15-9-11/h8,10-11,15-17H,1-7,9H2. The third-order valence-electron chi connectivity index (χ3n) is 4.21. The maximum absolute atomic E-state index is 12.4. The number of likely N-dealkylation sites (tertiary alicyclic amines) is 1. The number of rotatable bonds is 4. The molecule has 1 atom stereocenters. The van der Waals surface area contributed by atoms with Gasteiger partial charge in [0, 0.05) is 31.9 Å². The van der Waals surface area contributed by atoms with Crippen LogP contribution in [0.25, 0.3) is 0 Å². The molecule has 22 heavy (non-hydrogen) atoms. The topological polar surface area (TPSA) is 94.3 Å². The van der Waals surface area contributed by atoms with E-state index in [9.17, 15) is 13.2 Å². The van der Waals surface area contributed by atoms with Gasteiger partial charge in [0.2, 0.25) is 10.0 Å². The van der Waals surface area contributed by atoms with E-state index in [1.165, 1.54) is 12.3 Å². The number of aromatic nitrogens is 1. The number of nitrogens with one attached hydrogen (secondary N) is 3. The molecule has 3 N–H and O–H groups in total. The molecular formula is C14H22N4O3S. The van der Waals surface area contributed by atoms with Crippen molar-refractivity contribution in [2.24, 2.45) is 0 Å². The minimum Gasteiger partial charge on any atom is -0.356 e. The Hall–Kier alpha value is -1.38. The molecule has 7 nitrogen and oxygen atoms in total. The molecule has 0 aliphatic carbocycles. The first-order valence-electron chi connectivity index (χ1n) is 7.77. The summed E-state index contributed by atoms with van der Waals surface area (Å²) < 4.78 is 27.4. The first-order chi connectivity index (χ1) is 10.6. The van der Waals surface area contributed by atoms with Gasteiger partial charge in [-0.2, -0.15) is 0 Å². The molecule has 0 spiro atoms. The summed E-state index contributed by atoms with van der Waals surface area (Å²) in [5.74, 6) is -0.127. The quantitative estimate of drug-likeness (QED) is 0.741. The lowest BCUT2D eigenvalue weighted by Crippen LogP contribution is -2.45. The minimum atomic E-state index is -3.59. The van der Waals surface area contributed by atoms with Gasteiger partial charge in [0.15, 0.2) is 0 Å². The molecular weight excluding hydrogens is 304 g/mol. The average molecular weight is 326 g/mol. The number of nitrogens with zero attached hydrogens (tertiary/aromatic N) is 1. The van der Waals surface area contributed by atoms with E-state index in [0.29, 0.717) is 12.2 Å². The molecule has 0 radical (unpaired) electrons. The van der Waals surface area contributed by atoms with Crippen molar-refractivity contribution in [3.05, 3.63) is 18.0 Å². The van der Waals surface area contributed by atoms with Crippen molar-refractivity contribution in [1.29, 1.82) is 0 Å². The van der Waals surface area contributed by atoms with Crippen LogP contribution in [-0.4, -0.2) is 56.4 Å². The Morgan fingerprint density at radius 3 is 2.73 bits per heavy atom. The SMILES string of the molecule is O=C(c1cc(S(=O)(=O)NC2CCCNC2)c[nH]1)N1CCCC1. The zero-order chi connectivity index (χ0) is 15.6. The van der Waals surface area contributed by atoms with Crippen LogP contribution in [0, 0.1) is 0 Å². The van der Waals surface area contributed by atoms with Gasteiger partial charge in [0.1, 0.15) is 10.6 Å². The van der Waals surface area contributed by atoms with Crippen molar-refractivity contribution in [3.8, 4) is 0 Å². The maximum atomic E-state index is 12.4. The van der Waals surface area contributed by atoms with Crippen molar-refractivity contribution in [3.63, 3.8) is 0 Å². The van der Waals surface area contributed by atoms with Crippen LogP contribution in [0.3, 0.4) is 0 Å². The van der Waals surface area contributed by atoms with Gasteiger partial charge in [0.25, 0.3) is 5.91 Å². The van der Waals surface area contributed by atoms with E-state index in [2.05, 4.69) is 15.0 Å². The molecule has 2 saturated heterocycles. The highest BCUT2D eigenvalue weighted by molar-refractivity contribution is 7.89. The highest BCUT2D eigenvalue weighted by Gasteiger charge is 2.25. The number of H-pyrrole nitrogens is 1. The van der Waals surface area contributed by atoms with Crippen molar-refractivity contribution < 1.29 is 13.2 Å². The zero-order valence-electron chi connectivity index (χ0n) is 12.5. The number of amides is 1. The Bertz CT molecular complexity index is 628. The fraction of sp³-hybridized carbons (Fsp3) is 0.643. The third-order valence-corrected chi connectivity index (χ3v) is 5.71. The van der Waals surface area contributed by atoms with Crippen LogP contribution in [0.4, 0.5) is 0 Å². The van der Waals surface area contributed by atoms with Gasteiger partial charge in [-0.1, -0.05) is 0 Å². The maximum Gasteiger partial charge on any atom is 0.270 e. The van der Waals surface area contributed by atoms with Crippen molar-refractivity contribution in [1.82, 2.24) is 19.9 Å². The zero-order valence-corrected chi connectivity index (χ0v) is 13.3. The van der Waals surface area contributed by atoms with Crippen LogP contribution in [0.15, 0.2) is 17.2 Å². The molecule has 1 unspecified atom stereocenters. The number of aromatic amines is 1. The van der Waals surface area contributed by atoms with E-state index in [1.807, 2.05) is 0 Å². The molecule has 2 aliphatic rings. The Morgan fingerprint density at radius 1 is 1.27 bits per heavy atom. The predicted molar refractivity (Wildman–Crippen MR) is 82.1 cm³/mol. The van der Waals surface area contributed by atoms with E-state index in [1.54, 1.807) is 4.90 Å². The van der Waals surface area contributed by atoms with Crippen LogP contribution in [-0.2, 0) is 10.0 Å². The summed E-state index contributed by atoms with van der Waals surface area (Å²) in [6.45, 7) is 3.05. The number of sulfonamides is 1.